The number of hydrogen-bond donors (Lipinski definition) is 1. The summed E-state index contributed by atoms with van der Waals surface area (Å²) in [5, 5.41) is 0. The summed E-state index contributed by atoms with van der Waals surface area (Å²) in [6.07, 6.45) is 3.92. The molecule has 0 aliphatic carbocycles. The predicted octanol–water partition coefficient (Wildman–Crippen LogP) is 1.71. The van der Waals surface area contributed by atoms with E-state index in [1.807, 2.05) is 25.1 Å². The zero-order valence-corrected chi connectivity index (χ0v) is 16.8. The summed E-state index contributed by atoms with van der Waals surface area (Å²) in [7, 11) is 1.70. The summed E-state index contributed by atoms with van der Waals surface area (Å²) < 4.78 is 6.81. The van der Waals surface area contributed by atoms with Crippen molar-refractivity contribution >= 4 is 5.69 Å². The van der Waals surface area contributed by atoms with Gasteiger partial charge in [-0.05, 0) is 31.5 Å². The van der Waals surface area contributed by atoms with Gasteiger partial charge >= 0.3 is 5.69 Å². The molecule has 3 rings (SSSR count). The first-order chi connectivity index (χ1) is 13.6. The van der Waals surface area contributed by atoms with E-state index < -0.39 is 0 Å². The van der Waals surface area contributed by atoms with Gasteiger partial charge in [0.1, 0.15) is 5.75 Å². The van der Waals surface area contributed by atoms with Gasteiger partial charge in [0.2, 0.25) is 0 Å². The number of rotatable bonds is 8. The summed E-state index contributed by atoms with van der Waals surface area (Å²) in [5.74, 6) is 0.904. The second-order valence-electron chi connectivity index (χ2n) is 7.18. The van der Waals surface area contributed by atoms with E-state index >= 15 is 0 Å². The molecule has 1 aliphatic heterocycles. The van der Waals surface area contributed by atoms with Crippen LogP contribution in [0.2, 0.25) is 0 Å². The van der Waals surface area contributed by atoms with Crippen molar-refractivity contribution in [3.8, 4) is 5.75 Å². The van der Waals surface area contributed by atoms with Gasteiger partial charge in [0.15, 0.2) is 0 Å². The number of H-pyrrole nitrogens is 1. The maximum absolute atomic E-state index is 12.4. The van der Waals surface area contributed by atoms with Crippen LogP contribution in [0.15, 0.2) is 40.1 Å². The molecule has 7 heteroatoms. The number of nitrogens with zero attached hydrogens (tertiary/aromatic N) is 3. The second-order valence-corrected chi connectivity index (χ2v) is 7.18. The molecule has 0 atom stereocenters. The Bertz CT molecular complexity index is 882. The lowest BCUT2D eigenvalue weighted by Crippen LogP contribution is -2.47. The molecule has 0 bridgehead atoms. The monoisotopic (exact) mass is 386 g/mol. The molecule has 1 aliphatic rings. The molecule has 0 saturated carbocycles. The van der Waals surface area contributed by atoms with E-state index in [2.05, 4.69) is 20.9 Å². The Hall–Kier alpha value is -2.54. The lowest BCUT2D eigenvalue weighted by molar-refractivity contribution is 0.249. The average Bonchev–Trinajstić information content (AvgIpc) is 2.73. The van der Waals surface area contributed by atoms with Gasteiger partial charge in [-0.2, -0.15) is 0 Å². The van der Waals surface area contributed by atoms with Crippen molar-refractivity contribution in [2.75, 3.05) is 44.7 Å². The van der Waals surface area contributed by atoms with Crippen molar-refractivity contribution in [1.82, 2.24) is 14.5 Å². The number of anilines is 1. The number of piperazine rings is 1. The van der Waals surface area contributed by atoms with Crippen molar-refractivity contribution in [1.29, 1.82) is 0 Å². The minimum Gasteiger partial charge on any atom is -0.495 e. The third kappa shape index (κ3) is 4.65. The number of methoxy groups -OCH3 is 1. The number of aryl methyl sites for hydroxylation is 1. The molecule has 2 aromatic rings. The van der Waals surface area contributed by atoms with Crippen LogP contribution in [0.1, 0.15) is 25.3 Å². The number of para-hydroxylation sites is 2. The maximum atomic E-state index is 12.4. The molecule has 1 aromatic carbocycles. The summed E-state index contributed by atoms with van der Waals surface area (Å²) in [4.78, 5) is 31.9. The Morgan fingerprint density at radius 1 is 1.07 bits per heavy atom. The summed E-state index contributed by atoms with van der Waals surface area (Å²) in [6.45, 7) is 7.15. The van der Waals surface area contributed by atoms with Crippen molar-refractivity contribution in [3.63, 3.8) is 0 Å². The summed E-state index contributed by atoms with van der Waals surface area (Å²) in [6, 6.07) is 8.10. The van der Waals surface area contributed by atoms with Crippen molar-refractivity contribution in [3.05, 3.63) is 56.9 Å². The van der Waals surface area contributed by atoms with Crippen LogP contribution >= 0.6 is 0 Å². The Labute approximate surface area is 165 Å². The van der Waals surface area contributed by atoms with E-state index in [9.17, 15) is 9.59 Å². The van der Waals surface area contributed by atoms with Gasteiger partial charge in [-0.25, -0.2) is 4.79 Å². The SMILES string of the molecule is CCCc1c[nH]c(=O)n(CCCN2CCN(c3ccccc3OC)CC2)c1=O. The summed E-state index contributed by atoms with van der Waals surface area (Å²) >= 11 is 0. The van der Waals surface area contributed by atoms with Crippen LogP contribution in [-0.4, -0.2) is 54.3 Å². The molecule has 1 N–H and O–H groups in total. The van der Waals surface area contributed by atoms with Gasteiger partial charge in [0.25, 0.3) is 5.56 Å². The van der Waals surface area contributed by atoms with Gasteiger partial charge in [-0.15, -0.1) is 0 Å². The topological polar surface area (TPSA) is 70.6 Å². The fourth-order valence-electron chi connectivity index (χ4n) is 3.76. The number of hydrogen-bond acceptors (Lipinski definition) is 5. The number of benzene rings is 1. The lowest BCUT2D eigenvalue weighted by atomic mass is 10.2. The van der Waals surface area contributed by atoms with Gasteiger partial charge in [-0.3, -0.25) is 14.3 Å². The highest BCUT2D eigenvalue weighted by Crippen LogP contribution is 2.28. The van der Waals surface area contributed by atoms with Crippen LogP contribution in [0.25, 0.3) is 0 Å². The molecule has 2 heterocycles. The normalized spacial score (nSPS) is 15.0. The minimum atomic E-state index is -0.314. The minimum absolute atomic E-state index is 0.147. The molecular formula is C21H30N4O3. The molecule has 1 fully saturated rings. The predicted molar refractivity (Wildman–Crippen MR) is 112 cm³/mol. The van der Waals surface area contributed by atoms with E-state index in [4.69, 9.17) is 4.74 Å². The Morgan fingerprint density at radius 2 is 1.82 bits per heavy atom. The van der Waals surface area contributed by atoms with E-state index in [1.54, 1.807) is 13.3 Å². The van der Waals surface area contributed by atoms with Crippen molar-refractivity contribution < 1.29 is 4.74 Å². The molecule has 0 amide bonds. The van der Waals surface area contributed by atoms with Gasteiger partial charge < -0.3 is 14.6 Å². The summed E-state index contributed by atoms with van der Waals surface area (Å²) in [5.41, 5.74) is 1.36. The molecule has 0 unspecified atom stereocenters. The van der Waals surface area contributed by atoms with Gasteiger partial charge in [0.05, 0.1) is 12.8 Å². The first-order valence-electron chi connectivity index (χ1n) is 10.1. The van der Waals surface area contributed by atoms with Crippen LogP contribution in [0, 0.1) is 0 Å². The van der Waals surface area contributed by atoms with Crippen molar-refractivity contribution in [2.45, 2.75) is 32.7 Å². The first kappa shape index (κ1) is 20.2. The van der Waals surface area contributed by atoms with Crippen LogP contribution in [0.4, 0.5) is 5.69 Å². The molecule has 0 spiro atoms. The molecule has 1 saturated heterocycles. The van der Waals surface area contributed by atoms with Crippen molar-refractivity contribution in [2.24, 2.45) is 0 Å². The van der Waals surface area contributed by atoms with Crippen LogP contribution in [-0.2, 0) is 13.0 Å². The molecule has 28 heavy (non-hydrogen) atoms. The zero-order chi connectivity index (χ0) is 19.9. The third-order valence-electron chi connectivity index (χ3n) is 5.31. The third-order valence-corrected chi connectivity index (χ3v) is 5.31. The number of nitrogens with one attached hydrogen (secondary N) is 1. The van der Waals surface area contributed by atoms with Crippen LogP contribution < -0.4 is 20.9 Å². The standard InChI is InChI=1S/C21H30N4O3/c1-3-7-17-16-22-21(27)25(20(17)26)11-6-10-23-12-14-24(15-13-23)18-8-4-5-9-19(18)28-2/h4-5,8-9,16H,3,6-7,10-15H2,1-2H3,(H,22,27). The molecule has 1 aromatic heterocycles. The van der Waals surface area contributed by atoms with Gasteiger partial charge in [-0.1, -0.05) is 25.5 Å². The molecule has 152 valence electrons. The number of aromatic amines is 1. The fraction of sp³-hybridized carbons (Fsp3) is 0.524. The first-order valence-corrected chi connectivity index (χ1v) is 10.1. The number of ether oxygens (including phenoxy) is 1. The van der Waals surface area contributed by atoms with Crippen LogP contribution in [0.5, 0.6) is 5.75 Å². The highest BCUT2D eigenvalue weighted by Gasteiger charge is 2.19. The Balaban J connectivity index is 1.52. The van der Waals surface area contributed by atoms with Crippen LogP contribution in [0.3, 0.4) is 0 Å². The zero-order valence-electron chi connectivity index (χ0n) is 16.8. The molecule has 7 nitrogen and oxygen atoms in total. The molecular weight excluding hydrogens is 356 g/mol. The molecule has 0 radical (unpaired) electrons. The Morgan fingerprint density at radius 3 is 2.54 bits per heavy atom. The van der Waals surface area contributed by atoms with E-state index in [1.165, 1.54) is 4.57 Å². The fourth-order valence-corrected chi connectivity index (χ4v) is 3.76. The highest BCUT2D eigenvalue weighted by molar-refractivity contribution is 5.58. The van der Waals surface area contributed by atoms with E-state index in [-0.39, 0.29) is 11.2 Å². The number of aromatic nitrogens is 2. The lowest BCUT2D eigenvalue weighted by Gasteiger charge is -2.36. The quantitative estimate of drug-likeness (QED) is 0.748. The average molecular weight is 386 g/mol. The van der Waals surface area contributed by atoms with Gasteiger partial charge in [0, 0.05) is 44.5 Å². The highest BCUT2D eigenvalue weighted by atomic mass is 16.5. The second kappa shape index (κ2) is 9.59. The van der Waals surface area contributed by atoms with E-state index in [0.717, 1.165) is 57.0 Å². The smallest absolute Gasteiger partial charge is 0.328 e. The Kier molecular flexibility index (Phi) is 6.92. The van der Waals surface area contributed by atoms with E-state index in [0.29, 0.717) is 18.5 Å². The largest absolute Gasteiger partial charge is 0.495 e. The maximum Gasteiger partial charge on any atom is 0.328 e.